The Labute approximate surface area is 840 Å². The second-order valence-corrected chi connectivity index (χ2v) is 45.6. The van der Waals surface area contributed by atoms with E-state index >= 15 is 0 Å². The van der Waals surface area contributed by atoms with Gasteiger partial charge in [0.1, 0.15) is 0 Å². The van der Waals surface area contributed by atoms with Gasteiger partial charge in [-0.25, -0.2) is 24.9 Å². The van der Waals surface area contributed by atoms with Gasteiger partial charge in [0.25, 0.3) is 0 Å². The van der Waals surface area contributed by atoms with Gasteiger partial charge in [0.05, 0.1) is 58.6 Å². The van der Waals surface area contributed by atoms with Gasteiger partial charge in [-0.05, 0) is 347 Å². The molecule has 10 atom stereocenters. The highest BCUT2D eigenvalue weighted by Gasteiger charge is 2.67. The number of rotatable bonds is 5. The Morgan fingerprint density at radius 2 is 0.685 bits per heavy atom. The number of aromatic nitrogens is 5. The van der Waals surface area contributed by atoms with Crippen LogP contribution in [0.3, 0.4) is 0 Å². The number of pyridine rings is 5. The Morgan fingerprint density at radius 3 is 1.15 bits per heavy atom. The summed E-state index contributed by atoms with van der Waals surface area (Å²) in [4.78, 5) is 38.8. The molecule has 10 bridgehead atoms. The van der Waals surface area contributed by atoms with Crippen LogP contribution in [0.2, 0.25) is 0 Å². The van der Waals surface area contributed by atoms with E-state index in [-0.39, 0.29) is 39.7 Å². The number of anilines is 6. The summed E-state index contributed by atoms with van der Waals surface area (Å²) in [5.74, 6) is -0.741. The summed E-state index contributed by atoms with van der Waals surface area (Å²) in [6, 6.07) is 78.6. The number of furan rings is 5. The summed E-state index contributed by atoms with van der Waals surface area (Å²) in [6.45, 7) is 41.1. The van der Waals surface area contributed by atoms with Gasteiger partial charge < -0.3 is 51.5 Å². The largest absolute Gasteiger partial charge is 0.436 e. The number of benzene rings is 9. The van der Waals surface area contributed by atoms with Crippen LogP contribution in [0.5, 0.6) is 0 Å². The van der Waals surface area contributed by atoms with Crippen LogP contribution in [-0.4, -0.2) is 67.3 Å². The first kappa shape index (κ1) is 86.2. The van der Waals surface area contributed by atoms with E-state index in [9.17, 15) is 2.74 Å². The molecule has 10 unspecified atom stereocenters. The highest BCUT2D eigenvalue weighted by atomic mass is 16.4. The van der Waals surface area contributed by atoms with E-state index in [1.807, 2.05) is 65.0 Å². The van der Waals surface area contributed by atoms with E-state index < -0.39 is 11.9 Å². The quantitative estimate of drug-likeness (QED) is 0.161. The predicted octanol–water partition coefficient (Wildman–Crippen LogP) is 31.5. The van der Waals surface area contributed by atoms with E-state index in [0.717, 1.165) is 164 Å². The lowest BCUT2D eigenvalue weighted by molar-refractivity contribution is -0.0446. The number of hydrogen-bond acceptors (Lipinski definition) is 16. The third-order valence-electron chi connectivity index (χ3n) is 38.4. The van der Waals surface area contributed by atoms with Gasteiger partial charge in [-0.3, -0.25) is 0 Å². The molecule has 40 rings (SSSR count). The highest BCUT2D eigenvalue weighted by Crippen LogP contribution is 2.70. The van der Waals surface area contributed by atoms with E-state index in [0.29, 0.717) is 47.6 Å². The second kappa shape index (κ2) is 31.3. The molecule has 8 aliphatic carbocycles. The lowest BCUT2D eigenvalue weighted by atomic mass is 9.47. The van der Waals surface area contributed by atoms with Crippen LogP contribution in [0.15, 0.2) is 240 Å². The van der Waals surface area contributed by atoms with Crippen LogP contribution in [0.25, 0.3) is 110 Å². The fourth-order valence-electron chi connectivity index (χ4n) is 30.7. The minimum Gasteiger partial charge on any atom is -0.436 e. The molecule has 0 radical (unpaired) electrons. The number of piperidine rings is 7. The molecular formula is C127H129N11O5. The summed E-state index contributed by atoms with van der Waals surface area (Å²) >= 11 is 0. The zero-order valence-electron chi connectivity index (χ0n) is 87.9. The summed E-state index contributed by atoms with van der Waals surface area (Å²) in [5, 5.41) is 11.2. The van der Waals surface area contributed by atoms with Crippen molar-refractivity contribution in [3.63, 3.8) is 0 Å². The molecule has 9 aromatic carbocycles. The molecule has 0 N–H and O–H groups in total. The first-order chi connectivity index (χ1) is 69.8. The van der Waals surface area contributed by atoms with Crippen LogP contribution >= 0.6 is 0 Å². The summed E-state index contributed by atoms with van der Waals surface area (Å²) < 4.78 is 51.1. The Morgan fingerprint density at radius 1 is 0.308 bits per heavy atom. The molecule has 4 saturated carbocycles. The molecule has 19 aromatic rings. The molecule has 21 aliphatic rings. The van der Waals surface area contributed by atoms with Crippen molar-refractivity contribution in [1.29, 1.82) is 0 Å². The van der Waals surface area contributed by atoms with Gasteiger partial charge in [-0.15, -0.1) is 0 Å². The van der Waals surface area contributed by atoms with E-state index in [2.05, 4.69) is 327 Å². The van der Waals surface area contributed by atoms with Crippen LogP contribution in [0, 0.1) is 74.7 Å². The SMILES string of the molecule is Cc1ccc2c(n1)oc1c(N3C(C)C4(C)CCC3(C)c3ccccc34)c(C)ccc12.Cc1ccc2c(n1)oc1c(N3C(C)C45CCC3(CC4)CC5)c(C)ccc12.Cc1ccc2c(n1)oc1c(N3C(C)C45CCC3(CC4)c3ccccc35)c(C)ccc12.Cc1ccc2c(n1)oc1c(N3C(C)N4CCC3(C)c3ccccc34)c(C)ccc12.[2H]C12CCC([2H])(c3ccccc31)N(c1c(C)ccc3c1oc1nc(C)ccc13)C2C. The fourth-order valence-corrected chi connectivity index (χ4v) is 30.7. The molecule has 16 heteroatoms. The second-order valence-electron chi connectivity index (χ2n) is 45.6. The van der Waals surface area contributed by atoms with Crippen molar-refractivity contribution in [2.75, 3.05) is 35.9 Å². The third kappa shape index (κ3) is 12.3. The number of para-hydroxylation sites is 1. The van der Waals surface area contributed by atoms with Gasteiger partial charge in [0, 0.05) is 148 Å². The minimum atomic E-state index is -0.916. The zero-order chi connectivity index (χ0) is 99.5. The first-order valence-electron chi connectivity index (χ1n) is 53.9. The molecule has 0 spiro atoms. The Hall–Kier alpha value is -13.5. The lowest BCUT2D eigenvalue weighted by Gasteiger charge is -2.70. The van der Waals surface area contributed by atoms with Crippen molar-refractivity contribution in [2.24, 2.45) is 5.41 Å². The molecule has 16 nitrogen and oxygen atoms in total. The van der Waals surface area contributed by atoms with Gasteiger partial charge in [-0.1, -0.05) is 159 Å². The number of hydrogen-bond donors (Lipinski definition) is 0. The highest BCUT2D eigenvalue weighted by molar-refractivity contribution is 6.14. The molecule has 8 saturated heterocycles. The molecular weight excluding hydrogens is 1760 g/mol. The first-order valence-corrected chi connectivity index (χ1v) is 52.9. The van der Waals surface area contributed by atoms with E-state index in [1.165, 1.54) is 149 Å². The maximum Gasteiger partial charge on any atom is 0.227 e. The number of fused-ring (bicyclic) bond motifs is 21. The molecule has 0 amide bonds. The Kier molecular flexibility index (Phi) is 18.9. The summed E-state index contributed by atoms with van der Waals surface area (Å²) in [7, 11) is 0. The van der Waals surface area contributed by atoms with Crippen molar-refractivity contribution in [1.82, 2.24) is 24.9 Å². The van der Waals surface area contributed by atoms with Gasteiger partial charge in [-0.2, -0.15) is 0 Å². The smallest absolute Gasteiger partial charge is 0.227 e. The van der Waals surface area contributed by atoms with E-state index in [1.54, 1.807) is 11.1 Å². The fraction of sp³-hybridized carbons (Fsp3) is 0.378. The average Bonchev–Trinajstić information content (AvgIpc) is 0.987. The van der Waals surface area contributed by atoms with Crippen LogP contribution < -0.4 is 29.4 Å². The summed E-state index contributed by atoms with van der Waals surface area (Å²) in [5.41, 5.74) is 37.6. The maximum atomic E-state index is 9.63. The van der Waals surface area contributed by atoms with Crippen molar-refractivity contribution in [3.8, 4) is 0 Å². The molecule has 722 valence electrons. The van der Waals surface area contributed by atoms with E-state index in [4.69, 9.17) is 27.1 Å². The number of nitrogens with zero attached hydrogens (tertiary/aromatic N) is 11. The molecule has 143 heavy (non-hydrogen) atoms. The molecule has 12 fully saturated rings. The standard InChI is InChI=1S/C27H26N2O.C27H28N2O.C25H25N3O.C25H24N2O.C23H26N2O/c1-16-8-10-19-20-11-9-17(2)28-25(20)30-24(19)23(16)29-18(3)26-12-14-27(29,15-13-26)22-7-5-4-6-21(22)26;1-16-10-12-19-20-13-11-17(2)28-25(20)30-24(19)23(16)29-18(3)26(4)14-15-27(29,5)22-9-7-6-8-21(22)26;1-15-9-11-18-19-12-10-16(2)26-24(19)29-23(18)22(15)28-17(3)27-14-13-25(28,4)20-7-5-6-8-21(20)27;1-14-8-10-20-21-11-9-15(2)26-25(21)28-24(20)23(14)27-16(3)17-12-13-22(27)19-7-5-4-6-18(17)19;1-14-4-6-17-18-7-5-15(2)24-21(18)26-20(17)19(14)25-16(3)22-8-11-23(25,12-9-22)13-10-22/h4-11,18H,12-15H2,1-3H3;6-13,18H,14-15H2,1-5H3;5-12,17H,13-14H2,1-4H3;4-11,16-17,22H,12-13H2,1-3H3;4-7,16H,8-13H2,1-3H3/i;;;17D,22D;. The van der Waals surface area contributed by atoms with Crippen LogP contribution in [-0.2, 0) is 27.4 Å². The van der Waals surface area contributed by atoms with Crippen molar-refractivity contribution < 1.29 is 24.8 Å². The third-order valence-corrected chi connectivity index (χ3v) is 38.4. The van der Waals surface area contributed by atoms with Crippen molar-refractivity contribution in [3.05, 3.63) is 314 Å². The molecule has 13 aliphatic heterocycles. The summed E-state index contributed by atoms with van der Waals surface area (Å²) in [6.07, 6.45) is 18.4. The topological polar surface area (TPSA) is 150 Å². The molecule has 23 heterocycles. The predicted molar refractivity (Wildman–Crippen MR) is 583 cm³/mol. The van der Waals surface area contributed by atoms with Crippen LogP contribution in [0.1, 0.15) is 262 Å². The normalized spacial score (nSPS) is 28.5. The van der Waals surface area contributed by atoms with Gasteiger partial charge in [0.15, 0.2) is 27.9 Å². The maximum absolute atomic E-state index is 9.63. The van der Waals surface area contributed by atoms with Gasteiger partial charge in [0.2, 0.25) is 28.6 Å². The Bertz CT molecular complexity index is 8260. The van der Waals surface area contributed by atoms with Crippen molar-refractivity contribution in [2.45, 2.75) is 296 Å². The van der Waals surface area contributed by atoms with Gasteiger partial charge >= 0.3 is 0 Å². The van der Waals surface area contributed by atoms with Crippen LogP contribution in [0.4, 0.5) is 34.1 Å². The zero-order valence-corrected chi connectivity index (χ0v) is 85.9. The monoisotopic (exact) mass is 1890 g/mol. The van der Waals surface area contributed by atoms with Crippen molar-refractivity contribution >= 4 is 144 Å². The average molecular weight is 1890 g/mol. The number of aryl methyl sites for hydroxylation is 10. The Balaban J connectivity index is 0.0000000901. The molecule has 10 aromatic heterocycles. The minimum absolute atomic E-state index is 0.0465. The lowest BCUT2D eigenvalue weighted by Crippen LogP contribution is -2.72.